The Labute approximate surface area is 140 Å². The van der Waals surface area contributed by atoms with Crippen LogP contribution in [-0.4, -0.2) is 46.7 Å². The van der Waals surface area contributed by atoms with Crippen molar-refractivity contribution in [2.75, 3.05) is 19.8 Å². The van der Waals surface area contributed by atoms with Gasteiger partial charge in [-0.15, -0.1) is 17.5 Å². The van der Waals surface area contributed by atoms with Crippen molar-refractivity contribution in [3.05, 3.63) is 42.2 Å². The summed E-state index contributed by atoms with van der Waals surface area (Å²) in [5.41, 5.74) is 1.65. The largest absolute Gasteiger partial charge is 0.378 e. The standard InChI is InChI=1S/C15H19N5O2.ClH/c1-11(17-15(21)14-10-22-8-7-16-14)13-9-20(19-18-13)12-5-3-2-4-6-12;/h2-6,9,11,14,16H,7-8,10H2,1H3,(H,17,21);1H. The Morgan fingerprint density at radius 2 is 2.22 bits per heavy atom. The molecule has 1 saturated heterocycles. The van der Waals surface area contributed by atoms with Gasteiger partial charge in [-0.05, 0) is 19.1 Å². The van der Waals surface area contributed by atoms with E-state index in [9.17, 15) is 4.79 Å². The molecule has 124 valence electrons. The number of nitrogens with one attached hydrogen (secondary N) is 2. The number of hydrogen-bond acceptors (Lipinski definition) is 5. The summed E-state index contributed by atoms with van der Waals surface area (Å²) in [4.78, 5) is 12.2. The van der Waals surface area contributed by atoms with Gasteiger partial charge in [0.15, 0.2) is 0 Å². The Hall–Kier alpha value is -1.96. The first-order chi connectivity index (χ1) is 10.7. The molecule has 7 nitrogen and oxygen atoms in total. The molecule has 0 saturated carbocycles. The lowest BCUT2D eigenvalue weighted by Crippen LogP contribution is -2.51. The molecule has 1 aromatic carbocycles. The van der Waals surface area contributed by atoms with E-state index < -0.39 is 0 Å². The number of morpholine rings is 1. The van der Waals surface area contributed by atoms with E-state index in [1.54, 1.807) is 4.68 Å². The van der Waals surface area contributed by atoms with Crippen molar-refractivity contribution in [3.63, 3.8) is 0 Å². The minimum absolute atomic E-state index is 0. The minimum Gasteiger partial charge on any atom is -0.378 e. The lowest BCUT2D eigenvalue weighted by Gasteiger charge is -2.24. The van der Waals surface area contributed by atoms with Gasteiger partial charge in [0.2, 0.25) is 5.91 Å². The smallest absolute Gasteiger partial charge is 0.240 e. The van der Waals surface area contributed by atoms with Crippen molar-refractivity contribution >= 4 is 18.3 Å². The first-order valence-electron chi connectivity index (χ1n) is 7.33. The molecule has 1 fully saturated rings. The highest BCUT2D eigenvalue weighted by Gasteiger charge is 2.23. The van der Waals surface area contributed by atoms with Crippen LogP contribution >= 0.6 is 12.4 Å². The molecule has 0 radical (unpaired) electrons. The summed E-state index contributed by atoms with van der Waals surface area (Å²) in [7, 11) is 0. The zero-order chi connectivity index (χ0) is 15.4. The molecule has 1 aliphatic heterocycles. The van der Waals surface area contributed by atoms with Gasteiger partial charge in [-0.1, -0.05) is 23.4 Å². The average Bonchev–Trinajstić information content (AvgIpc) is 3.06. The van der Waals surface area contributed by atoms with Crippen LogP contribution in [0.5, 0.6) is 0 Å². The van der Waals surface area contributed by atoms with E-state index in [0.717, 1.165) is 5.69 Å². The number of benzene rings is 1. The first-order valence-corrected chi connectivity index (χ1v) is 7.33. The summed E-state index contributed by atoms with van der Waals surface area (Å²) in [5.74, 6) is -0.0820. The number of carbonyl (C=O) groups excluding carboxylic acids is 1. The van der Waals surface area contributed by atoms with Crippen molar-refractivity contribution < 1.29 is 9.53 Å². The maximum Gasteiger partial charge on any atom is 0.240 e. The first kappa shape index (κ1) is 17.4. The summed E-state index contributed by atoms with van der Waals surface area (Å²) >= 11 is 0. The molecule has 3 rings (SSSR count). The number of halogens is 1. The topological polar surface area (TPSA) is 81.1 Å². The number of carbonyl (C=O) groups is 1. The fraction of sp³-hybridized carbons (Fsp3) is 0.400. The molecule has 2 atom stereocenters. The summed E-state index contributed by atoms with van der Waals surface area (Å²) < 4.78 is 6.99. The normalized spacial score (nSPS) is 18.7. The second-order valence-electron chi connectivity index (χ2n) is 5.24. The van der Waals surface area contributed by atoms with Gasteiger partial charge in [0, 0.05) is 6.54 Å². The second kappa shape index (κ2) is 8.05. The number of hydrogen-bond donors (Lipinski definition) is 2. The molecule has 1 aliphatic rings. The van der Waals surface area contributed by atoms with Gasteiger partial charge in [0.1, 0.15) is 11.7 Å². The van der Waals surface area contributed by atoms with Crippen molar-refractivity contribution in [1.82, 2.24) is 25.6 Å². The second-order valence-corrected chi connectivity index (χ2v) is 5.24. The van der Waals surface area contributed by atoms with Crippen LogP contribution in [0.15, 0.2) is 36.5 Å². The van der Waals surface area contributed by atoms with Crippen LogP contribution in [0, 0.1) is 0 Å². The highest BCUT2D eigenvalue weighted by molar-refractivity contribution is 5.85. The average molecular weight is 338 g/mol. The number of para-hydroxylation sites is 1. The monoisotopic (exact) mass is 337 g/mol. The zero-order valence-corrected chi connectivity index (χ0v) is 13.6. The summed E-state index contributed by atoms with van der Waals surface area (Å²) in [5, 5.41) is 14.3. The molecule has 1 amide bonds. The van der Waals surface area contributed by atoms with Gasteiger partial charge in [-0.3, -0.25) is 4.79 Å². The predicted molar refractivity (Wildman–Crippen MR) is 87.8 cm³/mol. The van der Waals surface area contributed by atoms with Crippen LogP contribution in [0.1, 0.15) is 18.7 Å². The molecular weight excluding hydrogens is 318 g/mol. The van der Waals surface area contributed by atoms with E-state index >= 15 is 0 Å². The molecule has 0 aliphatic carbocycles. The highest BCUT2D eigenvalue weighted by Crippen LogP contribution is 2.12. The van der Waals surface area contributed by atoms with E-state index in [-0.39, 0.29) is 30.4 Å². The number of nitrogens with zero attached hydrogens (tertiary/aromatic N) is 3. The van der Waals surface area contributed by atoms with E-state index in [0.29, 0.717) is 25.5 Å². The van der Waals surface area contributed by atoms with Gasteiger partial charge in [0.25, 0.3) is 0 Å². The molecule has 2 aromatic rings. The van der Waals surface area contributed by atoms with Crippen LogP contribution in [-0.2, 0) is 9.53 Å². The highest BCUT2D eigenvalue weighted by atomic mass is 35.5. The third-order valence-electron chi connectivity index (χ3n) is 3.57. The van der Waals surface area contributed by atoms with Gasteiger partial charge in [-0.25, -0.2) is 4.68 Å². The molecule has 0 spiro atoms. The summed E-state index contributed by atoms with van der Waals surface area (Å²) in [6.07, 6.45) is 1.82. The number of rotatable bonds is 4. The molecule has 0 bridgehead atoms. The number of aromatic nitrogens is 3. The van der Waals surface area contributed by atoms with Gasteiger partial charge < -0.3 is 15.4 Å². The molecule has 2 unspecified atom stereocenters. The van der Waals surface area contributed by atoms with Crippen LogP contribution in [0.25, 0.3) is 5.69 Å². The molecule has 8 heteroatoms. The van der Waals surface area contributed by atoms with Crippen molar-refractivity contribution in [2.24, 2.45) is 0 Å². The lowest BCUT2D eigenvalue weighted by atomic mass is 10.2. The van der Waals surface area contributed by atoms with Crippen LogP contribution < -0.4 is 10.6 Å². The predicted octanol–water partition coefficient (Wildman–Crippen LogP) is 0.855. The van der Waals surface area contributed by atoms with Crippen LogP contribution in [0.3, 0.4) is 0 Å². The van der Waals surface area contributed by atoms with Crippen molar-refractivity contribution in [2.45, 2.75) is 19.0 Å². The quantitative estimate of drug-likeness (QED) is 0.864. The summed E-state index contributed by atoms with van der Waals surface area (Å²) in [6, 6.07) is 9.21. The Morgan fingerprint density at radius 3 is 2.91 bits per heavy atom. The van der Waals surface area contributed by atoms with E-state index in [1.165, 1.54) is 0 Å². The molecular formula is C15H20ClN5O2. The Morgan fingerprint density at radius 1 is 1.43 bits per heavy atom. The maximum atomic E-state index is 12.2. The molecule has 1 aromatic heterocycles. The Kier molecular flexibility index (Phi) is 6.09. The Bertz CT molecular complexity index is 628. The van der Waals surface area contributed by atoms with Crippen LogP contribution in [0.2, 0.25) is 0 Å². The van der Waals surface area contributed by atoms with Gasteiger partial charge in [0.05, 0.1) is 31.1 Å². The van der Waals surface area contributed by atoms with E-state index in [2.05, 4.69) is 20.9 Å². The number of amides is 1. The SMILES string of the molecule is CC(NC(=O)C1COCCN1)c1cn(-c2ccccc2)nn1.Cl. The Balaban J connectivity index is 0.00000192. The third kappa shape index (κ3) is 4.28. The van der Waals surface area contributed by atoms with E-state index in [1.807, 2.05) is 43.5 Å². The molecule has 2 N–H and O–H groups in total. The summed E-state index contributed by atoms with van der Waals surface area (Å²) in [6.45, 7) is 3.62. The fourth-order valence-corrected chi connectivity index (χ4v) is 2.30. The minimum atomic E-state index is -0.305. The van der Waals surface area contributed by atoms with E-state index in [4.69, 9.17) is 4.74 Å². The molecule has 2 heterocycles. The zero-order valence-electron chi connectivity index (χ0n) is 12.8. The van der Waals surface area contributed by atoms with Crippen molar-refractivity contribution in [1.29, 1.82) is 0 Å². The van der Waals surface area contributed by atoms with Gasteiger partial charge in [-0.2, -0.15) is 0 Å². The molecule has 23 heavy (non-hydrogen) atoms. The number of ether oxygens (including phenoxy) is 1. The fourth-order valence-electron chi connectivity index (χ4n) is 2.30. The maximum absolute atomic E-state index is 12.2. The van der Waals surface area contributed by atoms with Gasteiger partial charge >= 0.3 is 0 Å². The lowest BCUT2D eigenvalue weighted by molar-refractivity contribution is -0.126. The van der Waals surface area contributed by atoms with Crippen LogP contribution in [0.4, 0.5) is 0 Å². The third-order valence-corrected chi connectivity index (χ3v) is 3.57. The van der Waals surface area contributed by atoms with Crippen molar-refractivity contribution in [3.8, 4) is 5.69 Å².